The van der Waals surface area contributed by atoms with E-state index in [0.29, 0.717) is 5.76 Å². The van der Waals surface area contributed by atoms with E-state index in [1.165, 1.54) is 0 Å². The number of esters is 1. The van der Waals surface area contributed by atoms with E-state index in [0.717, 1.165) is 11.3 Å². The fraction of sp³-hybridized carbons (Fsp3) is 0.389. The number of amides is 1. The molecule has 1 aromatic heterocycles. The maximum Gasteiger partial charge on any atom is 0.329 e. The molecule has 1 amide bonds. The minimum absolute atomic E-state index is 0.00253. The van der Waals surface area contributed by atoms with E-state index in [1.54, 1.807) is 13.0 Å². The predicted molar refractivity (Wildman–Crippen MR) is 88.0 cm³/mol. The van der Waals surface area contributed by atoms with Gasteiger partial charge in [0.15, 0.2) is 12.4 Å². The summed E-state index contributed by atoms with van der Waals surface area (Å²) in [4.78, 5) is 24.4. The zero-order valence-electron chi connectivity index (χ0n) is 14.1. The van der Waals surface area contributed by atoms with Gasteiger partial charge < -0.3 is 14.6 Å². The third kappa shape index (κ3) is 5.22. The molecule has 1 atom stereocenters. The zero-order chi connectivity index (χ0) is 17.5. The van der Waals surface area contributed by atoms with Gasteiger partial charge in [-0.1, -0.05) is 49.3 Å². The summed E-state index contributed by atoms with van der Waals surface area (Å²) in [7, 11) is 0. The average Bonchev–Trinajstić information content (AvgIpc) is 2.96. The fourth-order valence-corrected chi connectivity index (χ4v) is 2.22. The van der Waals surface area contributed by atoms with Crippen molar-refractivity contribution in [3.8, 4) is 0 Å². The lowest BCUT2D eigenvalue weighted by Crippen LogP contribution is -2.45. The Hall–Kier alpha value is -2.63. The molecule has 1 aromatic carbocycles. The number of rotatable bonds is 7. The maximum absolute atomic E-state index is 12.3. The van der Waals surface area contributed by atoms with E-state index < -0.39 is 12.0 Å². The Morgan fingerprint density at radius 2 is 1.96 bits per heavy atom. The average molecular weight is 330 g/mol. The number of nitrogens with zero attached hydrogens (tertiary/aromatic N) is 1. The molecule has 0 aliphatic carbocycles. The van der Waals surface area contributed by atoms with Crippen LogP contribution in [-0.4, -0.2) is 23.1 Å². The molecule has 0 saturated carbocycles. The molecule has 0 aliphatic heterocycles. The fourth-order valence-electron chi connectivity index (χ4n) is 2.22. The maximum atomic E-state index is 12.3. The second kappa shape index (κ2) is 8.29. The number of benzene rings is 1. The summed E-state index contributed by atoms with van der Waals surface area (Å²) in [5, 5.41) is 6.48. The summed E-state index contributed by atoms with van der Waals surface area (Å²) in [6, 6.07) is 10.4. The smallest absolute Gasteiger partial charge is 0.329 e. The largest absolute Gasteiger partial charge is 0.456 e. The number of aryl methyl sites for hydroxylation is 1. The predicted octanol–water partition coefficient (Wildman–Crippen LogP) is 2.41. The molecule has 0 unspecified atom stereocenters. The van der Waals surface area contributed by atoms with Crippen molar-refractivity contribution < 1.29 is 18.8 Å². The van der Waals surface area contributed by atoms with E-state index in [9.17, 15) is 9.59 Å². The molecule has 0 aliphatic rings. The van der Waals surface area contributed by atoms with Gasteiger partial charge in [0, 0.05) is 6.07 Å². The van der Waals surface area contributed by atoms with Gasteiger partial charge in [0.05, 0.1) is 12.1 Å². The van der Waals surface area contributed by atoms with Crippen LogP contribution in [0.4, 0.5) is 0 Å². The van der Waals surface area contributed by atoms with Crippen LogP contribution in [0.15, 0.2) is 40.9 Å². The van der Waals surface area contributed by atoms with E-state index in [2.05, 4.69) is 10.5 Å². The van der Waals surface area contributed by atoms with Gasteiger partial charge in [0.2, 0.25) is 5.91 Å². The van der Waals surface area contributed by atoms with Gasteiger partial charge in [-0.05, 0) is 18.4 Å². The Balaban J connectivity index is 1.90. The van der Waals surface area contributed by atoms with Gasteiger partial charge in [0.1, 0.15) is 6.04 Å². The molecule has 0 bridgehead atoms. The summed E-state index contributed by atoms with van der Waals surface area (Å²) in [6.07, 6.45) is 0.221. The van der Waals surface area contributed by atoms with Crippen LogP contribution in [-0.2, 0) is 27.4 Å². The van der Waals surface area contributed by atoms with Crippen molar-refractivity contribution in [3.05, 3.63) is 53.4 Å². The van der Waals surface area contributed by atoms with Crippen LogP contribution in [0.5, 0.6) is 0 Å². The molecular weight excluding hydrogens is 308 g/mol. The topological polar surface area (TPSA) is 81.4 Å². The van der Waals surface area contributed by atoms with E-state index in [-0.39, 0.29) is 24.9 Å². The summed E-state index contributed by atoms with van der Waals surface area (Å²) >= 11 is 0. The van der Waals surface area contributed by atoms with Gasteiger partial charge in [-0.25, -0.2) is 4.79 Å². The molecule has 0 saturated heterocycles. The van der Waals surface area contributed by atoms with E-state index in [1.807, 2.05) is 44.2 Å². The SMILES string of the molecule is Cc1cc(COC(=O)[C@@H](NC(=O)Cc2ccccc2)C(C)C)on1. The summed E-state index contributed by atoms with van der Waals surface area (Å²) < 4.78 is 10.2. The summed E-state index contributed by atoms with van der Waals surface area (Å²) in [6.45, 7) is 5.49. The summed E-state index contributed by atoms with van der Waals surface area (Å²) in [5.41, 5.74) is 1.61. The number of hydrogen-bond donors (Lipinski definition) is 1. The Morgan fingerprint density at radius 3 is 2.54 bits per heavy atom. The summed E-state index contributed by atoms with van der Waals surface area (Å²) in [5.74, 6) is -0.319. The third-order valence-electron chi connectivity index (χ3n) is 3.48. The van der Waals surface area contributed by atoms with Crippen molar-refractivity contribution in [1.29, 1.82) is 0 Å². The van der Waals surface area contributed by atoms with Crippen molar-refractivity contribution in [2.45, 2.75) is 39.8 Å². The lowest BCUT2D eigenvalue weighted by molar-refractivity contribution is -0.151. The quantitative estimate of drug-likeness (QED) is 0.789. The highest BCUT2D eigenvalue weighted by Gasteiger charge is 2.26. The molecule has 2 rings (SSSR count). The van der Waals surface area contributed by atoms with Crippen molar-refractivity contribution in [2.75, 3.05) is 0 Å². The van der Waals surface area contributed by atoms with Crippen LogP contribution in [0.2, 0.25) is 0 Å². The van der Waals surface area contributed by atoms with E-state index in [4.69, 9.17) is 9.26 Å². The van der Waals surface area contributed by atoms with Gasteiger partial charge in [-0.15, -0.1) is 0 Å². The number of carbonyl (C=O) groups is 2. The molecule has 6 nitrogen and oxygen atoms in total. The first-order valence-corrected chi connectivity index (χ1v) is 7.88. The molecule has 1 N–H and O–H groups in total. The Labute approximate surface area is 141 Å². The van der Waals surface area contributed by atoms with Gasteiger partial charge in [-0.2, -0.15) is 0 Å². The Kier molecular flexibility index (Phi) is 6.12. The molecule has 0 spiro atoms. The van der Waals surface area contributed by atoms with Crippen molar-refractivity contribution >= 4 is 11.9 Å². The number of nitrogens with one attached hydrogen (secondary N) is 1. The molecule has 6 heteroatoms. The number of aromatic nitrogens is 1. The van der Waals surface area contributed by atoms with Crippen LogP contribution in [0.25, 0.3) is 0 Å². The lowest BCUT2D eigenvalue weighted by Gasteiger charge is -2.20. The van der Waals surface area contributed by atoms with Crippen molar-refractivity contribution in [3.63, 3.8) is 0 Å². The normalized spacial score (nSPS) is 12.0. The van der Waals surface area contributed by atoms with Gasteiger partial charge in [0.25, 0.3) is 0 Å². The zero-order valence-corrected chi connectivity index (χ0v) is 14.1. The molecule has 1 heterocycles. The molecule has 0 fully saturated rings. The number of carbonyl (C=O) groups excluding carboxylic acids is 2. The second-order valence-electron chi connectivity index (χ2n) is 5.99. The number of ether oxygens (including phenoxy) is 1. The van der Waals surface area contributed by atoms with Gasteiger partial charge >= 0.3 is 5.97 Å². The van der Waals surface area contributed by atoms with E-state index >= 15 is 0 Å². The first kappa shape index (κ1) is 17.7. The minimum Gasteiger partial charge on any atom is -0.456 e. The molecule has 24 heavy (non-hydrogen) atoms. The van der Waals surface area contributed by atoms with Crippen LogP contribution >= 0.6 is 0 Å². The monoisotopic (exact) mass is 330 g/mol. The highest BCUT2D eigenvalue weighted by atomic mass is 16.6. The third-order valence-corrected chi connectivity index (χ3v) is 3.48. The van der Waals surface area contributed by atoms with Crippen LogP contribution in [0, 0.1) is 12.8 Å². The first-order chi connectivity index (χ1) is 11.5. The Bertz CT molecular complexity index is 679. The molecule has 128 valence electrons. The standard InChI is InChI=1S/C18H22N2O4/c1-12(2)17(18(22)23-11-15-9-13(3)20-24-15)19-16(21)10-14-7-5-4-6-8-14/h4-9,12,17H,10-11H2,1-3H3,(H,19,21)/t17-/m0/s1. The molecular formula is C18H22N2O4. The van der Waals surface area contributed by atoms with Crippen LogP contribution in [0.1, 0.15) is 30.9 Å². The molecule has 0 radical (unpaired) electrons. The van der Waals surface area contributed by atoms with Gasteiger partial charge in [-0.3, -0.25) is 4.79 Å². The first-order valence-electron chi connectivity index (χ1n) is 7.88. The highest BCUT2D eigenvalue weighted by molar-refractivity contribution is 5.85. The van der Waals surface area contributed by atoms with Crippen molar-refractivity contribution in [2.24, 2.45) is 5.92 Å². The van der Waals surface area contributed by atoms with Crippen molar-refractivity contribution in [1.82, 2.24) is 10.5 Å². The molecule has 2 aromatic rings. The minimum atomic E-state index is -0.703. The second-order valence-corrected chi connectivity index (χ2v) is 5.99. The van der Waals surface area contributed by atoms with Crippen LogP contribution < -0.4 is 5.32 Å². The number of hydrogen-bond acceptors (Lipinski definition) is 5. The Morgan fingerprint density at radius 1 is 1.25 bits per heavy atom. The van der Waals surface area contributed by atoms with Crippen LogP contribution in [0.3, 0.4) is 0 Å². The highest BCUT2D eigenvalue weighted by Crippen LogP contribution is 2.09. The lowest BCUT2D eigenvalue weighted by atomic mass is 10.0.